The van der Waals surface area contributed by atoms with E-state index in [4.69, 9.17) is 9.84 Å². The van der Waals surface area contributed by atoms with E-state index in [-0.39, 0.29) is 12.8 Å². The number of amides is 1. The highest BCUT2D eigenvalue weighted by molar-refractivity contribution is 5.94. The number of hydrogen-bond donors (Lipinski definition) is 2. The number of carboxylic acid groups (broad SMARTS) is 1. The van der Waals surface area contributed by atoms with E-state index in [1.165, 1.54) is 0 Å². The molecule has 0 saturated carbocycles. The lowest BCUT2D eigenvalue weighted by Gasteiger charge is -2.12. The largest absolute Gasteiger partial charge is 0.479 e. The molecule has 1 aromatic rings. The molecular formula is C12H10F3NO4. The summed E-state index contributed by atoms with van der Waals surface area (Å²) in [5.41, 5.74) is -0.658. The van der Waals surface area contributed by atoms with Crippen molar-refractivity contribution in [1.29, 1.82) is 0 Å². The summed E-state index contributed by atoms with van der Waals surface area (Å²) in [5.74, 6) is -5.93. The molecular weight excluding hydrogens is 279 g/mol. The van der Waals surface area contributed by atoms with Crippen LogP contribution in [0.5, 0.6) is 0 Å². The number of anilines is 1. The molecule has 0 aliphatic carbocycles. The maximum Gasteiger partial charge on any atom is 0.332 e. The minimum Gasteiger partial charge on any atom is -0.479 e. The first-order valence-electron chi connectivity index (χ1n) is 5.72. The fourth-order valence-corrected chi connectivity index (χ4v) is 1.87. The van der Waals surface area contributed by atoms with Gasteiger partial charge in [0.05, 0.1) is 5.69 Å². The molecule has 0 spiro atoms. The van der Waals surface area contributed by atoms with E-state index in [1.54, 1.807) is 0 Å². The van der Waals surface area contributed by atoms with Crippen LogP contribution in [-0.2, 0) is 14.3 Å². The van der Waals surface area contributed by atoms with Crippen LogP contribution in [-0.4, -0.2) is 29.2 Å². The van der Waals surface area contributed by atoms with E-state index >= 15 is 0 Å². The molecule has 2 unspecified atom stereocenters. The topological polar surface area (TPSA) is 75.6 Å². The smallest absolute Gasteiger partial charge is 0.332 e. The summed E-state index contributed by atoms with van der Waals surface area (Å²) in [4.78, 5) is 22.4. The molecule has 108 valence electrons. The second-order valence-electron chi connectivity index (χ2n) is 4.27. The van der Waals surface area contributed by atoms with Crippen molar-refractivity contribution in [2.75, 3.05) is 5.32 Å². The van der Waals surface area contributed by atoms with Crippen molar-refractivity contribution in [3.8, 4) is 0 Å². The third-order valence-corrected chi connectivity index (χ3v) is 2.84. The predicted molar refractivity (Wildman–Crippen MR) is 60.5 cm³/mol. The Balaban J connectivity index is 2.08. The first kappa shape index (κ1) is 14.3. The van der Waals surface area contributed by atoms with Gasteiger partial charge in [0, 0.05) is 12.1 Å². The van der Waals surface area contributed by atoms with E-state index < -0.39 is 47.2 Å². The Morgan fingerprint density at radius 3 is 2.45 bits per heavy atom. The summed E-state index contributed by atoms with van der Waals surface area (Å²) < 4.78 is 44.2. The maximum atomic E-state index is 13.3. The highest BCUT2D eigenvalue weighted by atomic mass is 19.2. The van der Waals surface area contributed by atoms with Gasteiger partial charge >= 0.3 is 5.97 Å². The molecule has 2 N–H and O–H groups in total. The van der Waals surface area contributed by atoms with Crippen LogP contribution in [0.3, 0.4) is 0 Å². The van der Waals surface area contributed by atoms with E-state index in [2.05, 4.69) is 0 Å². The van der Waals surface area contributed by atoms with Crippen molar-refractivity contribution in [3.05, 3.63) is 29.6 Å². The molecule has 20 heavy (non-hydrogen) atoms. The lowest BCUT2D eigenvalue weighted by Crippen LogP contribution is -2.30. The van der Waals surface area contributed by atoms with Crippen molar-refractivity contribution in [1.82, 2.24) is 0 Å². The minimum absolute atomic E-state index is 0.127. The number of benzene rings is 1. The Morgan fingerprint density at radius 2 is 1.85 bits per heavy atom. The van der Waals surface area contributed by atoms with Crippen LogP contribution in [0.4, 0.5) is 18.9 Å². The third-order valence-electron chi connectivity index (χ3n) is 2.84. The maximum absolute atomic E-state index is 13.3. The Morgan fingerprint density at radius 1 is 1.20 bits per heavy atom. The Hall–Kier alpha value is -2.09. The summed E-state index contributed by atoms with van der Waals surface area (Å²) >= 11 is 0. The number of carbonyl (C=O) groups is 2. The molecule has 1 fully saturated rings. The van der Waals surface area contributed by atoms with E-state index in [9.17, 15) is 22.8 Å². The molecule has 1 amide bonds. The molecule has 1 aromatic carbocycles. The van der Waals surface area contributed by atoms with Crippen molar-refractivity contribution in [2.45, 2.75) is 25.0 Å². The normalized spacial score (nSPS) is 21.8. The van der Waals surface area contributed by atoms with Crippen LogP contribution in [0.15, 0.2) is 12.1 Å². The standard InChI is InChI=1S/C12H10F3NO4/c13-5-3-6(14)10(15)7(4-5)16-11(17)8-1-2-9(20-8)12(18)19/h3-4,8-9H,1-2H2,(H,16,17)(H,18,19). The highest BCUT2D eigenvalue weighted by Gasteiger charge is 2.35. The van der Waals surface area contributed by atoms with Gasteiger partial charge in [-0.2, -0.15) is 0 Å². The molecule has 1 saturated heterocycles. The molecule has 0 radical (unpaired) electrons. The number of halogens is 3. The number of hydrogen-bond acceptors (Lipinski definition) is 3. The Bertz CT molecular complexity index is 564. The van der Waals surface area contributed by atoms with Gasteiger partial charge in [-0.05, 0) is 12.8 Å². The summed E-state index contributed by atoms with van der Waals surface area (Å²) in [6.07, 6.45) is -1.95. The van der Waals surface area contributed by atoms with Crippen LogP contribution in [0.25, 0.3) is 0 Å². The number of aliphatic carboxylic acids is 1. The van der Waals surface area contributed by atoms with Crippen molar-refractivity contribution >= 4 is 17.6 Å². The first-order chi connectivity index (χ1) is 9.38. The first-order valence-corrected chi connectivity index (χ1v) is 5.72. The molecule has 1 heterocycles. The SMILES string of the molecule is O=C(O)C1CCC(C(=O)Nc2cc(F)cc(F)c2F)O1. The van der Waals surface area contributed by atoms with Crippen LogP contribution in [0.1, 0.15) is 12.8 Å². The Labute approximate surface area is 111 Å². The summed E-state index contributed by atoms with van der Waals surface area (Å²) in [6.45, 7) is 0. The fourth-order valence-electron chi connectivity index (χ4n) is 1.87. The van der Waals surface area contributed by atoms with Gasteiger partial charge in [0.2, 0.25) is 0 Å². The van der Waals surface area contributed by atoms with E-state index in [1.807, 2.05) is 5.32 Å². The van der Waals surface area contributed by atoms with Crippen LogP contribution in [0.2, 0.25) is 0 Å². The van der Waals surface area contributed by atoms with Crippen LogP contribution >= 0.6 is 0 Å². The highest BCUT2D eigenvalue weighted by Crippen LogP contribution is 2.23. The van der Waals surface area contributed by atoms with Gasteiger partial charge in [-0.25, -0.2) is 18.0 Å². The predicted octanol–water partition coefficient (Wildman–Crippen LogP) is 1.67. The molecule has 1 aliphatic rings. The van der Waals surface area contributed by atoms with Gasteiger partial charge in [0.15, 0.2) is 17.7 Å². The lowest BCUT2D eigenvalue weighted by molar-refractivity contribution is -0.150. The van der Waals surface area contributed by atoms with Crippen LogP contribution < -0.4 is 5.32 Å². The monoisotopic (exact) mass is 289 g/mol. The summed E-state index contributed by atoms with van der Waals surface area (Å²) in [7, 11) is 0. The summed E-state index contributed by atoms with van der Waals surface area (Å²) in [6, 6.07) is 0.970. The lowest BCUT2D eigenvalue weighted by atomic mass is 10.2. The van der Waals surface area contributed by atoms with Gasteiger partial charge in [0.25, 0.3) is 5.91 Å². The second kappa shape index (κ2) is 5.49. The van der Waals surface area contributed by atoms with Gasteiger partial charge in [0.1, 0.15) is 11.9 Å². The molecule has 1 aliphatic heterocycles. The third kappa shape index (κ3) is 2.90. The number of rotatable bonds is 3. The van der Waals surface area contributed by atoms with Gasteiger partial charge < -0.3 is 15.2 Å². The quantitative estimate of drug-likeness (QED) is 0.830. The Kier molecular flexibility index (Phi) is 3.93. The molecule has 2 rings (SSSR count). The molecule has 0 aromatic heterocycles. The molecule has 0 bridgehead atoms. The van der Waals surface area contributed by atoms with E-state index in [0.717, 1.165) is 0 Å². The van der Waals surface area contributed by atoms with Gasteiger partial charge in [-0.1, -0.05) is 0 Å². The molecule has 5 nitrogen and oxygen atoms in total. The second-order valence-corrected chi connectivity index (χ2v) is 4.27. The zero-order chi connectivity index (χ0) is 14.9. The van der Waals surface area contributed by atoms with E-state index in [0.29, 0.717) is 12.1 Å². The average Bonchev–Trinajstić information content (AvgIpc) is 2.85. The van der Waals surface area contributed by atoms with Crippen molar-refractivity contribution < 1.29 is 32.6 Å². The number of carboxylic acids is 1. The van der Waals surface area contributed by atoms with Crippen molar-refractivity contribution in [3.63, 3.8) is 0 Å². The van der Waals surface area contributed by atoms with Crippen molar-refractivity contribution in [2.24, 2.45) is 0 Å². The fraction of sp³-hybridized carbons (Fsp3) is 0.333. The van der Waals surface area contributed by atoms with Crippen LogP contribution in [0, 0.1) is 17.5 Å². The number of carbonyl (C=O) groups excluding carboxylic acids is 1. The summed E-state index contributed by atoms with van der Waals surface area (Å²) in [5, 5.41) is 10.7. The molecule has 8 heteroatoms. The zero-order valence-corrected chi connectivity index (χ0v) is 10.0. The number of nitrogens with one attached hydrogen (secondary N) is 1. The average molecular weight is 289 g/mol. The molecule has 2 atom stereocenters. The number of ether oxygens (including phenoxy) is 1. The zero-order valence-electron chi connectivity index (χ0n) is 10.0. The minimum atomic E-state index is -1.43. The van der Waals surface area contributed by atoms with Gasteiger partial charge in [-0.3, -0.25) is 4.79 Å². The van der Waals surface area contributed by atoms with Gasteiger partial charge in [-0.15, -0.1) is 0 Å².